The maximum absolute atomic E-state index is 13.8. The minimum atomic E-state index is -0.0319. The molecule has 217 valence electrons. The van der Waals surface area contributed by atoms with E-state index in [-0.39, 0.29) is 5.91 Å². The van der Waals surface area contributed by atoms with Gasteiger partial charge in [-0.2, -0.15) is 0 Å². The second kappa shape index (κ2) is 14.6. The number of ether oxygens (including phenoxy) is 3. The van der Waals surface area contributed by atoms with E-state index in [2.05, 4.69) is 18.7 Å². The van der Waals surface area contributed by atoms with E-state index in [0.717, 1.165) is 36.3 Å². The first-order chi connectivity index (χ1) is 20.5. The summed E-state index contributed by atoms with van der Waals surface area (Å²) in [5, 5.41) is 0. The molecule has 0 spiro atoms. The molecule has 6 nitrogen and oxygen atoms in total. The summed E-state index contributed by atoms with van der Waals surface area (Å²) >= 11 is 0. The molecule has 1 aliphatic heterocycles. The minimum absolute atomic E-state index is 0.0319. The first-order valence-corrected chi connectivity index (χ1v) is 14.5. The fourth-order valence-electron chi connectivity index (χ4n) is 5.00. The van der Waals surface area contributed by atoms with Gasteiger partial charge < -0.3 is 19.1 Å². The molecule has 1 saturated heterocycles. The van der Waals surface area contributed by atoms with Crippen LogP contribution in [0.25, 0.3) is 0 Å². The van der Waals surface area contributed by atoms with Crippen LogP contribution in [0.5, 0.6) is 17.2 Å². The Morgan fingerprint density at radius 1 is 0.619 bits per heavy atom. The van der Waals surface area contributed by atoms with E-state index in [4.69, 9.17) is 14.2 Å². The molecule has 1 radical (unpaired) electrons. The van der Waals surface area contributed by atoms with Gasteiger partial charge in [0, 0.05) is 38.3 Å². The van der Waals surface area contributed by atoms with Gasteiger partial charge in [0.15, 0.2) is 11.5 Å². The lowest BCUT2D eigenvalue weighted by atomic mass is 10.1. The van der Waals surface area contributed by atoms with Crippen molar-refractivity contribution in [1.29, 1.82) is 0 Å². The van der Waals surface area contributed by atoms with Crippen LogP contribution in [0.4, 0.5) is 0 Å². The molecule has 0 aromatic heterocycles. The van der Waals surface area contributed by atoms with Gasteiger partial charge in [0.05, 0.1) is 0 Å². The monoisotopic (exact) mass is 563 g/mol. The number of carbonyl (C=O) groups excluding carboxylic acids is 1. The summed E-state index contributed by atoms with van der Waals surface area (Å²) in [5.74, 6) is 2.80. The lowest BCUT2D eigenvalue weighted by Gasteiger charge is -2.35. The van der Waals surface area contributed by atoms with Crippen LogP contribution < -0.4 is 14.2 Å². The highest BCUT2D eigenvalue weighted by molar-refractivity contribution is 5.95. The molecule has 0 saturated carbocycles. The summed E-state index contributed by atoms with van der Waals surface area (Å²) in [5.41, 5.74) is 3.60. The van der Waals surface area contributed by atoms with Crippen molar-refractivity contribution in [3.8, 4) is 17.2 Å². The van der Waals surface area contributed by atoms with E-state index < -0.39 is 0 Å². The Bertz CT molecular complexity index is 1340. The second-order valence-corrected chi connectivity index (χ2v) is 10.9. The molecule has 4 aromatic rings. The highest BCUT2D eigenvalue weighted by Gasteiger charge is 2.26. The van der Waals surface area contributed by atoms with Crippen molar-refractivity contribution >= 4 is 5.91 Å². The topological polar surface area (TPSA) is 51.2 Å². The molecule has 42 heavy (non-hydrogen) atoms. The Hall–Kier alpha value is -4.29. The number of amides is 1. The van der Waals surface area contributed by atoms with Crippen LogP contribution in [0.15, 0.2) is 103 Å². The van der Waals surface area contributed by atoms with E-state index in [1.165, 1.54) is 5.92 Å². The third kappa shape index (κ3) is 8.14. The van der Waals surface area contributed by atoms with Crippen LogP contribution in [0.1, 0.15) is 40.9 Å². The molecular formula is C36H39N2O4. The van der Waals surface area contributed by atoms with Gasteiger partial charge in [0.25, 0.3) is 5.91 Å². The lowest BCUT2D eigenvalue weighted by Crippen LogP contribution is -2.49. The van der Waals surface area contributed by atoms with Gasteiger partial charge in [-0.15, -0.1) is 0 Å². The van der Waals surface area contributed by atoms with Crippen LogP contribution in [-0.2, 0) is 19.8 Å². The Kier molecular flexibility index (Phi) is 10.1. The Morgan fingerprint density at radius 3 is 1.48 bits per heavy atom. The zero-order valence-corrected chi connectivity index (χ0v) is 24.5. The van der Waals surface area contributed by atoms with Crippen LogP contribution in [-0.4, -0.2) is 48.4 Å². The van der Waals surface area contributed by atoms with Crippen molar-refractivity contribution in [3.05, 3.63) is 131 Å². The van der Waals surface area contributed by atoms with Gasteiger partial charge in [0.2, 0.25) is 5.75 Å². The van der Waals surface area contributed by atoms with E-state index >= 15 is 0 Å². The predicted octanol–water partition coefficient (Wildman–Crippen LogP) is 6.80. The molecule has 1 amide bonds. The molecule has 6 heteroatoms. The van der Waals surface area contributed by atoms with Gasteiger partial charge in [-0.05, 0) is 34.7 Å². The molecule has 5 rings (SSSR count). The van der Waals surface area contributed by atoms with Crippen LogP contribution >= 0.6 is 0 Å². The number of hydrogen-bond acceptors (Lipinski definition) is 5. The SMILES string of the molecule is C[C](C)CN1CCN(C(=O)c2cc(OCc3ccccc3)c(OCc3ccccc3)c(OCc3ccccc3)c2)CC1. The van der Waals surface area contributed by atoms with Crippen LogP contribution in [0.3, 0.4) is 0 Å². The Morgan fingerprint density at radius 2 is 1.05 bits per heavy atom. The van der Waals surface area contributed by atoms with Gasteiger partial charge in [-0.25, -0.2) is 0 Å². The van der Waals surface area contributed by atoms with Gasteiger partial charge in [0.1, 0.15) is 19.8 Å². The average Bonchev–Trinajstić information content (AvgIpc) is 3.03. The molecule has 1 fully saturated rings. The minimum Gasteiger partial charge on any atom is -0.485 e. The summed E-state index contributed by atoms with van der Waals surface area (Å²) in [6.45, 7) is 9.33. The molecule has 1 aliphatic rings. The van der Waals surface area contributed by atoms with Crippen molar-refractivity contribution in [2.75, 3.05) is 32.7 Å². The molecule has 0 bridgehead atoms. The molecule has 0 aliphatic carbocycles. The first kappa shape index (κ1) is 29.2. The Balaban J connectivity index is 1.45. The molecule has 0 atom stereocenters. The number of rotatable bonds is 12. The fraction of sp³-hybridized carbons (Fsp3) is 0.278. The average molecular weight is 564 g/mol. The predicted molar refractivity (Wildman–Crippen MR) is 166 cm³/mol. The van der Waals surface area contributed by atoms with Crippen molar-refractivity contribution < 1.29 is 19.0 Å². The van der Waals surface area contributed by atoms with Gasteiger partial charge >= 0.3 is 0 Å². The zero-order chi connectivity index (χ0) is 29.1. The van der Waals surface area contributed by atoms with E-state index in [1.54, 1.807) is 12.1 Å². The quantitative estimate of drug-likeness (QED) is 0.190. The van der Waals surface area contributed by atoms with Crippen LogP contribution in [0.2, 0.25) is 0 Å². The summed E-state index contributed by atoms with van der Waals surface area (Å²) in [6, 6.07) is 33.5. The van der Waals surface area contributed by atoms with E-state index in [0.29, 0.717) is 55.7 Å². The van der Waals surface area contributed by atoms with Crippen molar-refractivity contribution in [3.63, 3.8) is 0 Å². The Labute approximate surface area is 249 Å². The van der Waals surface area contributed by atoms with Crippen molar-refractivity contribution in [2.45, 2.75) is 33.7 Å². The standard InChI is InChI=1S/C36H39N2O4/c1-28(2)24-37-18-20-38(21-19-37)36(39)32-22-33(40-25-29-12-6-3-7-13-29)35(42-27-31-16-10-5-11-17-31)34(23-32)41-26-30-14-8-4-9-15-30/h3-17,22-23H,18-21,24-27H2,1-2H3. The van der Waals surface area contributed by atoms with Crippen molar-refractivity contribution in [2.24, 2.45) is 0 Å². The molecule has 4 aromatic carbocycles. The number of nitrogens with zero attached hydrogens (tertiary/aromatic N) is 2. The van der Waals surface area contributed by atoms with Crippen molar-refractivity contribution in [1.82, 2.24) is 9.80 Å². The lowest BCUT2D eigenvalue weighted by molar-refractivity contribution is 0.0641. The smallest absolute Gasteiger partial charge is 0.254 e. The van der Waals surface area contributed by atoms with E-state index in [1.807, 2.05) is 95.9 Å². The maximum atomic E-state index is 13.8. The number of carbonyl (C=O) groups is 1. The van der Waals surface area contributed by atoms with Gasteiger partial charge in [-0.1, -0.05) is 105 Å². The van der Waals surface area contributed by atoms with E-state index in [9.17, 15) is 4.79 Å². The highest BCUT2D eigenvalue weighted by Crippen LogP contribution is 2.41. The molecule has 0 unspecified atom stereocenters. The van der Waals surface area contributed by atoms with Gasteiger partial charge in [-0.3, -0.25) is 9.69 Å². The fourth-order valence-corrected chi connectivity index (χ4v) is 5.00. The number of piperazine rings is 1. The number of hydrogen-bond donors (Lipinski definition) is 0. The molecule has 0 N–H and O–H groups in total. The zero-order valence-electron chi connectivity index (χ0n) is 24.5. The van der Waals surface area contributed by atoms with Crippen LogP contribution in [0, 0.1) is 5.92 Å². The normalized spacial score (nSPS) is 13.6. The summed E-state index contributed by atoms with van der Waals surface area (Å²) in [4.78, 5) is 18.1. The highest BCUT2D eigenvalue weighted by atomic mass is 16.5. The first-order valence-electron chi connectivity index (χ1n) is 14.5. The summed E-state index contributed by atoms with van der Waals surface area (Å²) in [7, 11) is 0. The molecule has 1 heterocycles. The largest absolute Gasteiger partial charge is 0.485 e. The number of benzene rings is 4. The maximum Gasteiger partial charge on any atom is 0.254 e. The summed E-state index contributed by atoms with van der Waals surface area (Å²) < 4.78 is 19.1. The summed E-state index contributed by atoms with van der Waals surface area (Å²) in [6.07, 6.45) is 0. The molecular weight excluding hydrogens is 524 g/mol. The third-order valence-corrected chi connectivity index (χ3v) is 7.17. The second-order valence-electron chi connectivity index (χ2n) is 10.9. The third-order valence-electron chi connectivity index (χ3n) is 7.17.